The van der Waals surface area contributed by atoms with Gasteiger partial charge in [0.1, 0.15) is 5.41 Å². The molecule has 0 unspecified atom stereocenters. The van der Waals surface area contributed by atoms with Crippen LogP contribution >= 0.6 is 0 Å². The van der Waals surface area contributed by atoms with Gasteiger partial charge in [-0.2, -0.15) is 0 Å². The van der Waals surface area contributed by atoms with E-state index in [9.17, 15) is 19.2 Å². The van der Waals surface area contributed by atoms with Gasteiger partial charge in [0.25, 0.3) is 0 Å². The largest absolute Gasteiger partial charge is 0.465 e. The van der Waals surface area contributed by atoms with Gasteiger partial charge in [-0.15, -0.1) is 6.58 Å². The van der Waals surface area contributed by atoms with E-state index >= 15 is 0 Å². The summed E-state index contributed by atoms with van der Waals surface area (Å²) in [6.45, 7) is 7.87. The van der Waals surface area contributed by atoms with Gasteiger partial charge in [-0.1, -0.05) is 25.0 Å². The van der Waals surface area contributed by atoms with Crippen molar-refractivity contribution >= 4 is 23.7 Å². The minimum absolute atomic E-state index is 0.0642. The molecule has 1 N–H and O–H groups in total. The SMILES string of the molecule is C=CCN1C(=O)[C@@H](CC(=O)NCCCN2CCCC2=O)[C@]2(C(=O)OCC)CCCCC/C=C/12. The van der Waals surface area contributed by atoms with Crippen LogP contribution in [0.15, 0.2) is 24.4 Å². The zero-order valence-corrected chi connectivity index (χ0v) is 19.8. The summed E-state index contributed by atoms with van der Waals surface area (Å²) in [5, 5.41) is 2.89. The molecule has 3 aliphatic rings. The Kier molecular flexibility index (Phi) is 8.69. The fraction of sp³-hybridized carbons (Fsp3) is 0.680. The standard InChI is InChI=1S/C25H37N3O5/c1-3-15-28-20-11-7-5-6-8-13-25(20,24(32)33-4-2)19(23(28)31)18-21(29)26-14-10-17-27-16-9-12-22(27)30/h3,11,19H,1,4-10,12-18H2,2H3,(H,26,29)/b20-11+/t19-,25-/m1/s1. The number of carbonyl (C=O) groups excluding carboxylic acids is 4. The number of hydrogen-bond donors (Lipinski definition) is 1. The maximum atomic E-state index is 13.5. The normalized spacial score (nSPS) is 26.8. The molecule has 0 radical (unpaired) electrons. The number of ether oxygens (including phenoxy) is 1. The molecule has 8 heteroatoms. The molecule has 0 bridgehead atoms. The average molecular weight is 460 g/mol. The van der Waals surface area contributed by atoms with Gasteiger partial charge < -0.3 is 19.9 Å². The van der Waals surface area contributed by atoms with Gasteiger partial charge >= 0.3 is 5.97 Å². The molecule has 0 spiro atoms. The Morgan fingerprint density at radius 2 is 2.09 bits per heavy atom. The number of allylic oxidation sites excluding steroid dienone is 1. The van der Waals surface area contributed by atoms with Gasteiger partial charge in [-0.25, -0.2) is 0 Å². The highest BCUT2D eigenvalue weighted by Crippen LogP contribution is 2.52. The molecule has 1 aliphatic carbocycles. The van der Waals surface area contributed by atoms with E-state index in [0.29, 0.717) is 44.6 Å². The topological polar surface area (TPSA) is 96.0 Å². The third-order valence-corrected chi connectivity index (χ3v) is 6.96. The number of fused-ring (bicyclic) bond motifs is 1. The van der Waals surface area contributed by atoms with Gasteiger partial charge in [0.15, 0.2) is 0 Å². The molecule has 2 fully saturated rings. The molecule has 0 aromatic rings. The molecule has 0 aromatic heterocycles. The summed E-state index contributed by atoms with van der Waals surface area (Å²) in [6, 6.07) is 0. The Balaban J connectivity index is 1.75. The minimum Gasteiger partial charge on any atom is -0.465 e. The smallest absolute Gasteiger partial charge is 0.318 e. The van der Waals surface area contributed by atoms with E-state index in [4.69, 9.17) is 4.74 Å². The summed E-state index contributed by atoms with van der Waals surface area (Å²) in [7, 11) is 0. The molecule has 182 valence electrons. The quantitative estimate of drug-likeness (QED) is 0.308. The molecular weight excluding hydrogens is 422 g/mol. The molecule has 0 saturated carbocycles. The third kappa shape index (κ3) is 5.31. The summed E-state index contributed by atoms with van der Waals surface area (Å²) in [4.78, 5) is 54.9. The summed E-state index contributed by atoms with van der Waals surface area (Å²) in [6.07, 6.45) is 9.77. The second-order valence-corrected chi connectivity index (χ2v) is 9.06. The van der Waals surface area contributed by atoms with Crippen LogP contribution in [0.5, 0.6) is 0 Å². The molecular formula is C25H37N3O5. The van der Waals surface area contributed by atoms with Crippen LogP contribution in [0.4, 0.5) is 0 Å². The Hall–Kier alpha value is -2.64. The lowest BCUT2D eigenvalue weighted by Gasteiger charge is -2.34. The number of nitrogens with zero attached hydrogens (tertiary/aromatic N) is 2. The van der Waals surface area contributed by atoms with Crippen LogP contribution in [0.2, 0.25) is 0 Å². The second kappa shape index (κ2) is 11.5. The maximum absolute atomic E-state index is 13.5. The Morgan fingerprint density at radius 1 is 1.27 bits per heavy atom. The summed E-state index contributed by atoms with van der Waals surface area (Å²) in [5.74, 6) is -1.51. The van der Waals surface area contributed by atoms with Gasteiger partial charge in [-0.05, 0) is 39.0 Å². The van der Waals surface area contributed by atoms with E-state index in [2.05, 4.69) is 11.9 Å². The molecule has 2 saturated heterocycles. The van der Waals surface area contributed by atoms with Crippen LogP contribution in [-0.2, 0) is 23.9 Å². The van der Waals surface area contributed by atoms with E-state index in [-0.39, 0.29) is 30.7 Å². The van der Waals surface area contributed by atoms with Crippen molar-refractivity contribution in [3.63, 3.8) is 0 Å². The molecule has 8 nitrogen and oxygen atoms in total. The van der Waals surface area contributed by atoms with E-state index in [1.54, 1.807) is 17.9 Å². The van der Waals surface area contributed by atoms with Crippen LogP contribution in [0.3, 0.4) is 0 Å². The van der Waals surface area contributed by atoms with Crippen molar-refractivity contribution in [3.05, 3.63) is 24.4 Å². The van der Waals surface area contributed by atoms with Crippen molar-refractivity contribution in [2.45, 2.75) is 64.7 Å². The monoisotopic (exact) mass is 459 g/mol. The minimum atomic E-state index is -1.13. The lowest BCUT2D eigenvalue weighted by Crippen LogP contribution is -2.42. The number of hydrogen-bond acceptors (Lipinski definition) is 5. The van der Waals surface area contributed by atoms with Crippen molar-refractivity contribution in [3.8, 4) is 0 Å². The van der Waals surface area contributed by atoms with Crippen LogP contribution in [-0.4, -0.2) is 66.3 Å². The van der Waals surface area contributed by atoms with Gasteiger partial charge in [0, 0.05) is 44.7 Å². The first-order chi connectivity index (χ1) is 16.0. The number of esters is 1. The number of carbonyl (C=O) groups is 4. The highest BCUT2D eigenvalue weighted by Gasteiger charge is 2.61. The maximum Gasteiger partial charge on any atom is 0.318 e. The average Bonchev–Trinajstić information content (AvgIpc) is 3.27. The molecule has 3 amide bonds. The van der Waals surface area contributed by atoms with E-state index < -0.39 is 17.3 Å². The summed E-state index contributed by atoms with van der Waals surface area (Å²) in [5.41, 5.74) is -0.452. The van der Waals surface area contributed by atoms with Crippen LogP contribution < -0.4 is 5.32 Å². The van der Waals surface area contributed by atoms with E-state index in [0.717, 1.165) is 38.6 Å². The molecule has 33 heavy (non-hydrogen) atoms. The van der Waals surface area contributed by atoms with Crippen LogP contribution in [0.25, 0.3) is 0 Å². The van der Waals surface area contributed by atoms with Crippen molar-refractivity contribution < 1.29 is 23.9 Å². The molecule has 3 rings (SSSR count). The van der Waals surface area contributed by atoms with Crippen molar-refractivity contribution in [1.29, 1.82) is 0 Å². The fourth-order valence-electron chi connectivity index (χ4n) is 5.38. The highest BCUT2D eigenvalue weighted by atomic mass is 16.5. The van der Waals surface area contributed by atoms with Gasteiger partial charge in [-0.3, -0.25) is 19.2 Å². The van der Waals surface area contributed by atoms with Crippen molar-refractivity contribution in [1.82, 2.24) is 15.1 Å². The second-order valence-electron chi connectivity index (χ2n) is 9.06. The summed E-state index contributed by atoms with van der Waals surface area (Å²) < 4.78 is 5.48. The molecule has 0 aromatic carbocycles. The molecule has 2 atom stereocenters. The molecule has 2 aliphatic heterocycles. The predicted molar refractivity (Wildman–Crippen MR) is 124 cm³/mol. The zero-order valence-electron chi connectivity index (χ0n) is 19.8. The third-order valence-electron chi connectivity index (χ3n) is 6.96. The number of rotatable bonds is 10. The zero-order chi connectivity index (χ0) is 23.8. The molecule has 2 heterocycles. The highest BCUT2D eigenvalue weighted by molar-refractivity contribution is 5.99. The number of amides is 3. The number of likely N-dealkylation sites (tertiary alicyclic amines) is 2. The lowest BCUT2D eigenvalue weighted by molar-refractivity contribution is -0.158. The Bertz CT molecular complexity index is 808. The predicted octanol–water partition coefficient (Wildman–Crippen LogP) is 2.55. The van der Waals surface area contributed by atoms with E-state index in [1.165, 1.54) is 0 Å². The van der Waals surface area contributed by atoms with Crippen LogP contribution in [0.1, 0.15) is 64.7 Å². The van der Waals surface area contributed by atoms with Crippen LogP contribution in [0, 0.1) is 11.3 Å². The first kappa shape index (κ1) is 25.0. The fourth-order valence-corrected chi connectivity index (χ4v) is 5.38. The first-order valence-electron chi connectivity index (χ1n) is 12.3. The Labute approximate surface area is 196 Å². The van der Waals surface area contributed by atoms with Gasteiger partial charge in [0.05, 0.1) is 12.5 Å². The number of nitrogens with one attached hydrogen (secondary N) is 1. The Morgan fingerprint density at radius 3 is 2.79 bits per heavy atom. The van der Waals surface area contributed by atoms with E-state index in [1.807, 2.05) is 11.0 Å². The van der Waals surface area contributed by atoms with Crippen molar-refractivity contribution in [2.75, 3.05) is 32.8 Å². The van der Waals surface area contributed by atoms with Gasteiger partial charge in [0.2, 0.25) is 17.7 Å². The lowest BCUT2D eigenvalue weighted by atomic mass is 9.69. The van der Waals surface area contributed by atoms with Crippen molar-refractivity contribution in [2.24, 2.45) is 11.3 Å². The summed E-state index contributed by atoms with van der Waals surface area (Å²) >= 11 is 0. The first-order valence-corrected chi connectivity index (χ1v) is 12.3.